The van der Waals surface area contributed by atoms with E-state index in [1.165, 1.54) is 0 Å². The van der Waals surface area contributed by atoms with Crippen molar-refractivity contribution in [3.63, 3.8) is 0 Å². The first-order valence-electron chi connectivity index (χ1n) is 6.65. The maximum absolute atomic E-state index is 12.4. The van der Waals surface area contributed by atoms with Gasteiger partial charge in [0, 0.05) is 25.3 Å². The van der Waals surface area contributed by atoms with Crippen molar-refractivity contribution in [3.05, 3.63) is 65.7 Å². The number of anilines is 1. The van der Waals surface area contributed by atoms with E-state index in [0.717, 1.165) is 11.3 Å². The fraction of sp³-hybridized carbons (Fsp3) is 0.235. The number of hydrogen-bond donors (Lipinski definition) is 0. The summed E-state index contributed by atoms with van der Waals surface area (Å²) in [6, 6.07) is 17.5. The van der Waals surface area contributed by atoms with E-state index in [1.54, 1.807) is 0 Å². The van der Waals surface area contributed by atoms with Gasteiger partial charge in [-0.1, -0.05) is 74.3 Å². The summed E-state index contributed by atoms with van der Waals surface area (Å²) in [5.74, 6) is 0.0779. The average Bonchev–Trinajstić information content (AvgIpc) is 2.53. The van der Waals surface area contributed by atoms with E-state index in [2.05, 4.69) is 44.0 Å². The van der Waals surface area contributed by atoms with Crippen LogP contribution in [-0.4, -0.2) is 24.7 Å². The van der Waals surface area contributed by atoms with E-state index in [0.29, 0.717) is 5.56 Å². The molecule has 0 saturated heterocycles. The summed E-state index contributed by atoms with van der Waals surface area (Å²) in [4.78, 5) is 14.1. The molecule has 2 rings (SSSR count). The summed E-state index contributed by atoms with van der Waals surface area (Å²) in [5, 5.41) is 0. The molecule has 21 heavy (non-hydrogen) atoms. The highest BCUT2D eigenvalue weighted by atomic mass is 79.9. The Kier molecular flexibility index (Phi) is 5.59. The molecule has 0 fully saturated rings. The molecule has 0 aliphatic heterocycles. The van der Waals surface area contributed by atoms with Crippen molar-refractivity contribution >= 4 is 43.3 Å². The van der Waals surface area contributed by atoms with Gasteiger partial charge in [0.25, 0.3) is 0 Å². The monoisotopic (exact) mass is 409 g/mol. The van der Waals surface area contributed by atoms with Crippen LogP contribution in [0.15, 0.2) is 54.6 Å². The van der Waals surface area contributed by atoms with Gasteiger partial charge in [0.05, 0.1) is 9.65 Å². The fourth-order valence-corrected chi connectivity index (χ4v) is 3.13. The molecular weight excluding hydrogens is 394 g/mol. The minimum atomic E-state index is -0.301. The summed E-state index contributed by atoms with van der Waals surface area (Å²) in [5.41, 5.74) is 2.93. The van der Waals surface area contributed by atoms with Gasteiger partial charge < -0.3 is 4.90 Å². The first-order valence-corrected chi connectivity index (χ1v) is 8.48. The topological polar surface area (TPSA) is 20.3 Å². The van der Waals surface area contributed by atoms with Crippen LogP contribution in [0.25, 0.3) is 0 Å². The lowest BCUT2D eigenvalue weighted by Gasteiger charge is -2.18. The van der Waals surface area contributed by atoms with Crippen LogP contribution in [0.3, 0.4) is 0 Å². The second kappa shape index (κ2) is 7.23. The van der Waals surface area contributed by atoms with Crippen molar-refractivity contribution in [1.29, 1.82) is 0 Å². The minimum Gasteiger partial charge on any atom is -0.378 e. The molecule has 0 spiro atoms. The van der Waals surface area contributed by atoms with Crippen LogP contribution in [0.1, 0.15) is 20.7 Å². The minimum absolute atomic E-state index is 0.0681. The van der Waals surface area contributed by atoms with Gasteiger partial charge in [0.2, 0.25) is 0 Å². The molecule has 2 unspecified atom stereocenters. The van der Waals surface area contributed by atoms with Crippen LogP contribution in [0.2, 0.25) is 0 Å². The molecule has 0 N–H and O–H groups in total. The molecule has 0 aliphatic rings. The highest BCUT2D eigenvalue weighted by molar-refractivity contribution is 9.12. The largest absolute Gasteiger partial charge is 0.378 e. The first-order chi connectivity index (χ1) is 10.0. The maximum atomic E-state index is 12.4. The molecule has 0 radical (unpaired) electrons. The number of rotatable bonds is 5. The molecular formula is C17H17Br2NO. The third kappa shape index (κ3) is 3.95. The number of carbonyl (C=O) groups is 1. The number of Topliss-reactive ketones (excluding diaryl/α,β-unsaturated/α-hetero) is 1. The van der Waals surface area contributed by atoms with E-state index >= 15 is 0 Å². The van der Waals surface area contributed by atoms with Gasteiger partial charge in [-0.2, -0.15) is 0 Å². The first kappa shape index (κ1) is 16.2. The van der Waals surface area contributed by atoms with E-state index in [4.69, 9.17) is 0 Å². The number of benzene rings is 2. The number of ketones is 1. The van der Waals surface area contributed by atoms with Crippen molar-refractivity contribution in [2.45, 2.75) is 9.65 Å². The smallest absolute Gasteiger partial charge is 0.177 e. The molecule has 0 amide bonds. The second-order valence-electron chi connectivity index (χ2n) is 5.02. The summed E-state index contributed by atoms with van der Waals surface area (Å²) < 4.78 is 0. The molecule has 2 aromatic carbocycles. The normalized spacial score (nSPS) is 13.5. The Morgan fingerprint density at radius 3 is 2.05 bits per heavy atom. The van der Waals surface area contributed by atoms with E-state index in [1.807, 2.05) is 61.5 Å². The highest BCUT2D eigenvalue weighted by Gasteiger charge is 2.25. The predicted molar refractivity (Wildman–Crippen MR) is 95.9 cm³/mol. The Balaban J connectivity index is 2.15. The standard InChI is InChI=1S/C17H17Br2NO/c1-20(2)14-10-8-12(9-11-14)15(18)16(19)17(21)13-6-4-3-5-7-13/h3-11,15-16H,1-2H3. The Hall–Kier alpha value is -1.13. The molecule has 0 bridgehead atoms. The van der Waals surface area contributed by atoms with Gasteiger partial charge >= 0.3 is 0 Å². The van der Waals surface area contributed by atoms with Gasteiger partial charge in [-0.05, 0) is 17.7 Å². The van der Waals surface area contributed by atoms with Gasteiger partial charge in [-0.15, -0.1) is 0 Å². The molecule has 0 aromatic heterocycles. The Labute approximate surface area is 142 Å². The lowest BCUT2D eigenvalue weighted by molar-refractivity contribution is 0.0991. The third-order valence-corrected chi connectivity index (χ3v) is 6.00. The molecule has 4 heteroatoms. The highest BCUT2D eigenvalue weighted by Crippen LogP contribution is 2.34. The summed E-state index contributed by atoms with van der Waals surface area (Å²) in [6.07, 6.45) is 0. The van der Waals surface area contributed by atoms with Gasteiger partial charge in [0.15, 0.2) is 5.78 Å². The average molecular weight is 411 g/mol. The van der Waals surface area contributed by atoms with Gasteiger partial charge in [-0.3, -0.25) is 4.79 Å². The molecule has 2 atom stereocenters. The molecule has 0 saturated carbocycles. The lowest BCUT2D eigenvalue weighted by Crippen LogP contribution is -2.19. The summed E-state index contributed by atoms with van der Waals surface area (Å²) in [7, 11) is 4.01. The third-order valence-electron chi connectivity index (χ3n) is 3.29. The lowest BCUT2D eigenvalue weighted by atomic mass is 10.0. The van der Waals surface area contributed by atoms with Crippen LogP contribution >= 0.6 is 31.9 Å². The second-order valence-corrected chi connectivity index (χ2v) is 6.99. The molecule has 0 heterocycles. The van der Waals surface area contributed by atoms with Crippen molar-refractivity contribution in [1.82, 2.24) is 0 Å². The Morgan fingerprint density at radius 2 is 1.52 bits per heavy atom. The van der Waals surface area contributed by atoms with Crippen LogP contribution in [0.4, 0.5) is 5.69 Å². The van der Waals surface area contributed by atoms with E-state index in [-0.39, 0.29) is 15.4 Å². The SMILES string of the molecule is CN(C)c1ccc(C(Br)C(Br)C(=O)c2ccccc2)cc1. The Morgan fingerprint density at radius 1 is 0.952 bits per heavy atom. The van der Waals surface area contributed by atoms with E-state index < -0.39 is 0 Å². The fourth-order valence-electron chi connectivity index (χ4n) is 2.02. The molecule has 2 nitrogen and oxygen atoms in total. The number of carbonyl (C=O) groups excluding carboxylic acids is 1. The van der Waals surface area contributed by atoms with Crippen molar-refractivity contribution in [2.75, 3.05) is 19.0 Å². The quantitative estimate of drug-likeness (QED) is 0.519. The van der Waals surface area contributed by atoms with Crippen LogP contribution < -0.4 is 4.90 Å². The van der Waals surface area contributed by atoms with Crippen LogP contribution in [0, 0.1) is 0 Å². The van der Waals surface area contributed by atoms with Crippen molar-refractivity contribution in [2.24, 2.45) is 0 Å². The Bertz CT molecular complexity index is 596. The number of halogens is 2. The summed E-state index contributed by atoms with van der Waals surface area (Å²) >= 11 is 7.15. The number of alkyl halides is 2. The number of hydrogen-bond acceptors (Lipinski definition) is 2. The zero-order chi connectivity index (χ0) is 15.4. The van der Waals surface area contributed by atoms with Crippen LogP contribution in [0.5, 0.6) is 0 Å². The summed E-state index contributed by atoms with van der Waals surface area (Å²) in [6.45, 7) is 0. The zero-order valence-electron chi connectivity index (χ0n) is 12.0. The molecule has 110 valence electrons. The van der Waals surface area contributed by atoms with Crippen LogP contribution in [-0.2, 0) is 0 Å². The molecule has 2 aromatic rings. The number of nitrogens with zero attached hydrogens (tertiary/aromatic N) is 1. The van der Waals surface area contributed by atoms with Gasteiger partial charge in [0.1, 0.15) is 0 Å². The predicted octanol–water partition coefficient (Wildman–Crippen LogP) is 4.84. The zero-order valence-corrected chi connectivity index (χ0v) is 15.1. The van der Waals surface area contributed by atoms with E-state index in [9.17, 15) is 4.79 Å². The molecule has 0 aliphatic carbocycles. The van der Waals surface area contributed by atoms with Gasteiger partial charge in [-0.25, -0.2) is 0 Å². The van der Waals surface area contributed by atoms with Crippen molar-refractivity contribution < 1.29 is 4.79 Å². The maximum Gasteiger partial charge on any atom is 0.177 e. The van der Waals surface area contributed by atoms with Crippen molar-refractivity contribution in [3.8, 4) is 0 Å².